The fraction of sp³-hybridized carbons (Fsp3) is 0.474. The zero-order chi connectivity index (χ0) is 19.6. The first-order chi connectivity index (χ1) is 12.8. The van der Waals surface area contributed by atoms with Crippen molar-refractivity contribution in [2.75, 3.05) is 26.2 Å². The quantitative estimate of drug-likeness (QED) is 0.764. The lowest BCUT2D eigenvalue weighted by Gasteiger charge is -2.34. The van der Waals surface area contributed by atoms with E-state index in [-0.39, 0.29) is 12.3 Å². The molecule has 0 spiro atoms. The molecule has 0 unspecified atom stereocenters. The topological polar surface area (TPSA) is 70.6 Å². The van der Waals surface area contributed by atoms with Crippen molar-refractivity contribution in [2.24, 2.45) is 0 Å². The second-order valence-corrected chi connectivity index (χ2v) is 9.93. The Labute approximate surface area is 164 Å². The second-order valence-electron chi connectivity index (χ2n) is 7.11. The minimum absolute atomic E-state index is 0.00277. The maximum absolute atomic E-state index is 12.7. The van der Waals surface area contributed by atoms with Crippen molar-refractivity contribution in [1.29, 1.82) is 0 Å². The number of amides is 1. The monoisotopic (exact) mass is 407 g/mol. The van der Waals surface area contributed by atoms with Gasteiger partial charge < -0.3 is 4.90 Å². The first-order valence-corrected chi connectivity index (χ1v) is 11.4. The van der Waals surface area contributed by atoms with Crippen LogP contribution in [-0.4, -0.2) is 54.7 Å². The van der Waals surface area contributed by atoms with Crippen LogP contribution in [-0.2, 0) is 21.2 Å². The minimum Gasteiger partial charge on any atom is -0.340 e. The van der Waals surface area contributed by atoms with Gasteiger partial charge in [-0.15, -0.1) is 11.3 Å². The summed E-state index contributed by atoms with van der Waals surface area (Å²) in [7, 11) is -3.51. The highest BCUT2D eigenvalue weighted by Crippen LogP contribution is 2.21. The molecule has 0 N–H and O–H groups in total. The summed E-state index contributed by atoms with van der Waals surface area (Å²) in [5, 5.41) is 2.97. The third-order valence-corrected chi connectivity index (χ3v) is 7.75. The van der Waals surface area contributed by atoms with E-state index in [0.29, 0.717) is 37.0 Å². The molecule has 0 bridgehead atoms. The number of rotatable bonds is 5. The molecule has 146 valence electrons. The highest BCUT2D eigenvalue weighted by Gasteiger charge is 2.30. The lowest BCUT2D eigenvalue weighted by molar-refractivity contribution is -0.131. The average molecular weight is 408 g/mol. The molecule has 2 aromatic rings. The Morgan fingerprint density at radius 2 is 1.78 bits per heavy atom. The minimum atomic E-state index is -3.51. The first-order valence-electron chi connectivity index (χ1n) is 9.06. The fourth-order valence-electron chi connectivity index (χ4n) is 2.97. The van der Waals surface area contributed by atoms with Crippen LogP contribution in [0.25, 0.3) is 0 Å². The Morgan fingerprint density at radius 1 is 1.15 bits per heavy atom. The summed E-state index contributed by atoms with van der Waals surface area (Å²) in [6.45, 7) is 7.53. The van der Waals surface area contributed by atoms with Gasteiger partial charge in [0.2, 0.25) is 15.9 Å². The molecule has 0 aliphatic carbocycles. The number of thiazole rings is 1. The van der Waals surface area contributed by atoms with Gasteiger partial charge in [-0.1, -0.05) is 31.5 Å². The van der Waals surface area contributed by atoms with Crippen molar-refractivity contribution in [1.82, 2.24) is 14.2 Å². The number of nitrogens with zero attached hydrogens (tertiary/aromatic N) is 3. The van der Waals surface area contributed by atoms with Gasteiger partial charge in [-0.05, 0) is 19.1 Å². The largest absolute Gasteiger partial charge is 0.340 e. The summed E-state index contributed by atoms with van der Waals surface area (Å²) in [4.78, 5) is 19.1. The highest BCUT2D eigenvalue weighted by molar-refractivity contribution is 7.89. The summed E-state index contributed by atoms with van der Waals surface area (Å²) < 4.78 is 27.0. The number of aromatic nitrogens is 1. The molecule has 27 heavy (non-hydrogen) atoms. The number of benzene rings is 1. The number of hydrogen-bond donors (Lipinski definition) is 0. The highest BCUT2D eigenvalue weighted by atomic mass is 32.2. The molecule has 1 saturated heterocycles. The van der Waals surface area contributed by atoms with Crippen molar-refractivity contribution >= 4 is 27.3 Å². The molecule has 1 aromatic carbocycles. The molecule has 8 heteroatoms. The van der Waals surface area contributed by atoms with Crippen molar-refractivity contribution in [3.63, 3.8) is 0 Å². The molecule has 2 heterocycles. The molecule has 0 radical (unpaired) electrons. The molecule has 6 nitrogen and oxygen atoms in total. The Morgan fingerprint density at radius 3 is 2.33 bits per heavy atom. The predicted molar refractivity (Wildman–Crippen MR) is 106 cm³/mol. The van der Waals surface area contributed by atoms with Crippen LogP contribution in [0.4, 0.5) is 0 Å². The van der Waals surface area contributed by atoms with Gasteiger partial charge in [0.15, 0.2) is 0 Å². The Hall–Kier alpha value is -1.77. The zero-order valence-electron chi connectivity index (χ0n) is 15.9. The molecular formula is C19H25N3O3S2. The number of carbonyl (C=O) groups excluding carboxylic acids is 1. The van der Waals surface area contributed by atoms with Crippen LogP contribution in [0, 0.1) is 6.92 Å². The third kappa shape index (κ3) is 4.56. The van der Waals surface area contributed by atoms with E-state index < -0.39 is 10.0 Å². The summed E-state index contributed by atoms with van der Waals surface area (Å²) in [5.74, 6) is 0.359. The molecule has 1 amide bonds. The van der Waals surface area contributed by atoms with Gasteiger partial charge >= 0.3 is 0 Å². The lowest BCUT2D eigenvalue weighted by atomic mass is 10.2. The Bertz CT molecular complexity index is 897. The number of sulfonamides is 1. The number of piperazine rings is 1. The summed E-state index contributed by atoms with van der Waals surface area (Å²) in [6.07, 6.45) is 0.272. The summed E-state index contributed by atoms with van der Waals surface area (Å²) >= 11 is 1.58. The number of hydrogen-bond acceptors (Lipinski definition) is 5. The zero-order valence-corrected chi connectivity index (χ0v) is 17.5. The molecule has 3 rings (SSSR count). The van der Waals surface area contributed by atoms with Gasteiger partial charge in [0, 0.05) is 37.5 Å². The van der Waals surface area contributed by atoms with Crippen LogP contribution in [0.2, 0.25) is 0 Å². The van der Waals surface area contributed by atoms with Crippen LogP contribution < -0.4 is 0 Å². The summed E-state index contributed by atoms with van der Waals surface area (Å²) in [5.41, 5.74) is 1.82. The molecule has 0 saturated carbocycles. The average Bonchev–Trinajstić information content (AvgIpc) is 3.11. The van der Waals surface area contributed by atoms with Crippen LogP contribution in [0.3, 0.4) is 0 Å². The first kappa shape index (κ1) is 20.0. The number of aryl methyl sites for hydroxylation is 1. The van der Waals surface area contributed by atoms with E-state index in [1.165, 1.54) is 4.31 Å². The van der Waals surface area contributed by atoms with Crippen molar-refractivity contribution in [3.05, 3.63) is 45.9 Å². The van der Waals surface area contributed by atoms with Crippen LogP contribution in [0.15, 0.2) is 34.5 Å². The van der Waals surface area contributed by atoms with Crippen LogP contribution in [0.1, 0.15) is 36.0 Å². The SMILES string of the molecule is Cc1ccc(S(=O)(=O)N2CCN(C(=O)Cc3csc(C(C)C)n3)CC2)cc1. The second kappa shape index (κ2) is 8.08. The summed E-state index contributed by atoms with van der Waals surface area (Å²) in [6, 6.07) is 6.87. The Balaban J connectivity index is 1.59. The maximum atomic E-state index is 12.7. The van der Waals surface area contributed by atoms with Crippen molar-refractivity contribution < 1.29 is 13.2 Å². The van der Waals surface area contributed by atoms with Crippen molar-refractivity contribution in [2.45, 2.75) is 38.0 Å². The van der Waals surface area contributed by atoms with E-state index in [1.54, 1.807) is 40.5 Å². The van der Waals surface area contributed by atoms with E-state index in [9.17, 15) is 13.2 Å². The molecule has 0 atom stereocenters. The van der Waals surface area contributed by atoms with Gasteiger partial charge in [-0.25, -0.2) is 13.4 Å². The van der Waals surface area contributed by atoms with E-state index in [1.807, 2.05) is 12.3 Å². The lowest BCUT2D eigenvalue weighted by Crippen LogP contribution is -2.50. The van der Waals surface area contributed by atoms with Crippen LogP contribution in [0.5, 0.6) is 0 Å². The van der Waals surface area contributed by atoms with E-state index in [4.69, 9.17) is 0 Å². The van der Waals surface area contributed by atoms with Crippen LogP contribution >= 0.6 is 11.3 Å². The van der Waals surface area contributed by atoms with E-state index >= 15 is 0 Å². The van der Waals surface area contributed by atoms with Gasteiger partial charge in [0.05, 0.1) is 22.0 Å². The molecule has 1 aromatic heterocycles. The van der Waals surface area contributed by atoms with E-state index in [0.717, 1.165) is 16.3 Å². The van der Waals surface area contributed by atoms with Gasteiger partial charge in [0.25, 0.3) is 0 Å². The normalized spacial score (nSPS) is 16.1. The van der Waals surface area contributed by atoms with Gasteiger partial charge in [-0.3, -0.25) is 4.79 Å². The third-order valence-electron chi connectivity index (χ3n) is 4.65. The Kier molecular flexibility index (Phi) is 5.98. The smallest absolute Gasteiger partial charge is 0.243 e. The maximum Gasteiger partial charge on any atom is 0.243 e. The predicted octanol–water partition coefficient (Wildman–Crippen LogP) is 2.65. The molecular weight excluding hydrogens is 382 g/mol. The molecule has 1 fully saturated rings. The molecule has 1 aliphatic heterocycles. The van der Waals surface area contributed by atoms with E-state index in [2.05, 4.69) is 18.8 Å². The molecule has 1 aliphatic rings. The number of carbonyl (C=O) groups is 1. The fourth-order valence-corrected chi connectivity index (χ4v) is 5.23. The van der Waals surface area contributed by atoms with Gasteiger partial charge in [0.1, 0.15) is 0 Å². The van der Waals surface area contributed by atoms with Gasteiger partial charge in [-0.2, -0.15) is 4.31 Å². The van der Waals surface area contributed by atoms with Crippen molar-refractivity contribution in [3.8, 4) is 0 Å². The standard InChI is InChI=1S/C19H25N3O3S2/c1-14(2)19-20-16(13-26-19)12-18(23)21-8-10-22(11-9-21)27(24,25)17-6-4-15(3)5-7-17/h4-7,13-14H,8-12H2,1-3H3.